The van der Waals surface area contributed by atoms with Crippen LogP contribution in [-0.4, -0.2) is 121 Å². The maximum Gasteiger partial charge on any atom is 0.338 e. The Hall–Kier alpha value is -8.94. The van der Waals surface area contributed by atoms with E-state index in [4.69, 9.17) is 47.4 Å². The molecule has 9 rings (SSSR count). The predicted molar refractivity (Wildman–Crippen MR) is 292 cm³/mol. The summed E-state index contributed by atoms with van der Waals surface area (Å²) >= 11 is 1.19. The Morgan fingerprint density at radius 3 is 0.938 bits per heavy atom. The predicted octanol–water partition coefficient (Wildman–Crippen LogP) is 9.42. The third-order valence-electron chi connectivity index (χ3n) is 12.8. The van der Waals surface area contributed by atoms with Crippen LogP contribution in [0.3, 0.4) is 0 Å². The van der Waals surface area contributed by atoms with Crippen LogP contribution in [0, 0.1) is 0 Å². The maximum absolute atomic E-state index is 14.6. The van der Waals surface area contributed by atoms with Crippen molar-refractivity contribution in [2.75, 3.05) is 19.0 Å². The highest BCUT2D eigenvalue weighted by atomic mass is 32.2. The molecular formula is C63H54O17S. The molecule has 0 amide bonds. The highest BCUT2D eigenvalue weighted by molar-refractivity contribution is 7.99. The molecule has 18 heteroatoms. The van der Waals surface area contributed by atoms with Crippen LogP contribution in [0.4, 0.5) is 0 Å². The van der Waals surface area contributed by atoms with E-state index in [-0.39, 0.29) is 38.9 Å². The maximum atomic E-state index is 14.6. The number of ether oxygens (including phenoxy) is 10. The Morgan fingerprint density at radius 1 is 0.333 bits per heavy atom. The summed E-state index contributed by atoms with van der Waals surface area (Å²) in [6.07, 6.45) is -15.6. The van der Waals surface area contributed by atoms with Gasteiger partial charge in [-0.05, 0) is 90.7 Å². The van der Waals surface area contributed by atoms with Gasteiger partial charge in [-0.3, -0.25) is 0 Å². The van der Waals surface area contributed by atoms with Crippen LogP contribution in [0.2, 0.25) is 0 Å². The fourth-order valence-corrected chi connectivity index (χ4v) is 9.82. The number of carbonyl (C=O) groups excluding carboxylic acids is 7. The standard InChI is InChI=1S/C63H54O17S/c1-2-81-63-54(79-61(70)46-36-22-9-23-37-46)52(77-59(68)44-32-18-7-19-33-44)50(48(74-63)39-72-56(65)41-26-12-4-13-27-41)80-62-53(78-60(69)45-34-20-8-21-35-45)51(76-58(67)43-30-16-6-17-31-43)49(75-57(66)42-28-14-5-15-29-42)47(73-62)38-71-55(64)40-24-10-3-11-25-40/h3-37,47-54,62-63H,2,38-39H2,1H3/t47-,48-,49+,50-,51+,52+,53-,54-,62+,63-/m1/s1. The lowest BCUT2D eigenvalue weighted by molar-refractivity contribution is -0.335. The first-order valence-electron chi connectivity index (χ1n) is 25.9. The van der Waals surface area contributed by atoms with Crippen LogP contribution in [0.5, 0.6) is 0 Å². The van der Waals surface area contributed by atoms with Crippen LogP contribution < -0.4 is 0 Å². The van der Waals surface area contributed by atoms with Gasteiger partial charge in [-0.25, -0.2) is 33.6 Å². The zero-order valence-corrected chi connectivity index (χ0v) is 44.3. The van der Waals surface area contributed by atoms with Crippen LogP contribution in [0.25, 0.3) is 0 Å². The molecule has 0 N–H and O–H groups in total. The smallest absolute Gasteiger partial charge is 0.338 e. The average molecular weight is 1120 g/mol. The van der Waals surface area contributed by atoms with Gasteiger partial charge < -0.3 is 47.4 Å². The first-order valence-corrected chi connectivity index (χ1v) is 26.9. The number of hydrogen-bond acceptors (Lipinski definition) is 18. The second-order valence-electron chi connectivity index (χ2n) is 18.3. The third kappa shape index (κ3) is 14.7. The lowest BCUT2D eigenvalue weighted by atomic mass is 9.96. The van der Waals surface area contributed by atoms with Crippen molar-refractivity contribution < 1.29 is 80.9 Å². The molecule has 17 nitrogen and oxygen atoms in total. The zero-order chi connectivity index (χ0) is 56.5. The molecule has 81 heavy (non-hydrogen) atoms. The Labute approximate surface area is 470 Å². The van der Waals surface area contributed by atoms with Crippen LogP contribution in [0.15, 0.2) is 212 Å². The number of esters is 7. The van der Waals surface area contributed by atoms with E-state index >= 15 is 0 Å². The van der Waals surface area contributed by atoms with Gasteiger partial charge in [-0.2, -0.15) is 0 Å². The molecule has 0 saturated carbocycles. The summed E-state index contributed by atoms with van der Waals surface area (Å²) in [5, 5.41) is 0. The van der Waals surface area contributed by atoms with E-state index in [9.17, 15) is 33.6 Å². The summed E-state index contributed by atoms with van der Waals surface area (Å²) in [5.41, 5.74) is -0.467. The van der Waals surface area contributed by atoms with Crippen molar-refractivity contribution in [3.63, 3.8) is 0 Å². The van der Waals surface area contributed by atoms with Gasteiger partial charge in [-0.15, -0.1) is 11.8 Å². The van der Waals surface area contributed by atoms with E-state index in [1.54, 1.807) is 140 Å². The van der Waals surface area contributed by atoms with E-state index in [0.717, 1.165) is 0 Å². The zero-order valence-electron chi connectivity index (χ0n) is 43.5. The van der Waals surface area contributed by atoms with Gasteiger partial charge >= 0.3 is 41.8 Å². The van der Waals surface area contributed by atoms with Gasteiger partial charge in [0.25, 0.3) is 0 Å². The number of benzene rings is 7. The van der Waals surface area contributed by atoms with Gasteiger partial charge in [0, 0.05) is 0 Å². The van der Waals surface area contributed by atoms with Gasteiger partial charge in [0.2, 0.25) is 0 Å². The minimum atomic E-state index is -2.00. The van der Waals surface area contributed by atoms with E-state index in [2.05, 4.69) is 0 Å². The summed E-state index contributed by atoms with van der Waals surface area (Å²) in [6, 6.07) is 55.5. The topological polar surface area (TPSA) is 212 Å². The normalized spacial score (nSPS) is 22.1. The minimum absolute atomic E-state index is 0.0230. The van der Waals surface area contributed by atoms with Gasteiger partial charge in [0.05, 0.1) is 38.9 Å². The second-order valence-corrected chi connectivity index (χ2v) is 19.6. The molecular weight excluding hydrogens is 1060 g/mol. The van der Waals surface area contributed by atoms with Gasteiger partial charge in [0.15, 0.2) is 36.8 Å². The molecule has 7 aromatic carbocycles. The van der Waals surface area contributed by atoms with Crippen molar-refractivity contribution >= 4 is 53.5 Å². The molecule has 2 saturated heterocycles. The van der Waals surface area contributed by atoms with Crippen molar-refractivity contribution in [2.45, 2.75) is 67.5 Å². The van der Waals surface area contributed by atoms with Gasteiger partial charge in [-0.1, -0.05) is 134 Å². The quantitative estimate of drug-likeness (QED) is 0.0514. The van der Waals surface area contributed by atoms with Crippen molar-refractivity contribution in [1.82, 2.24) is 0 Å². The average Bonchev–Trinajstić information content (AvgIpc) is 3.71. The highest BCUT2D eigenvalue weighted by Crippen LogP contribution is 2.39. The third-order valence-corrected chi connectivity index (χ3v) is 13.9. The van der Waals surface area contributed by atoms with E-state index < -0.39 is 116 Å². The summed E-state index contributed by atoms with van der Waals surface area (Å²) in [4.78, 5) is 99.7. The second kappa shape index (κ2) is 27.8. The van der Waals surface area contributed by atoms with E-state index in [1.807, 2.05) is 6.92 Å². The summed E-state index contributed by atoms with van der Waals surface area (Å²) < 4.78 is 64.0. The van der Waals surface area contributed by atoms with Crippen molar-refractivity contribution in [3.05, 3.63) is 251 Å². The molecule has 414 valence electrons. The summed E-state index contributed by atoms with van der Waals surface area (Å²) in [6.45, 7) is 0.518. The molecule has 2 fully saturated rings. The molecule has 2 aliphatic rings. The molecule has 0 aromatic heterocycles. The van der Waals surface area contributed by atoms with E-state index in [1.165, 1.54) is 84.6 Å². The molecule has 10 atom stereocenters. The van der Waals surface area contributed by atoms with Crippen molar-refractivity contribution in [3.8, 4) is 0 Å². The molecule has 0 unspecified atom stereocenters. The van der Waals surface area contributed by atoms with Crippen LogP contribution >= 0.6 is 11.8 Å². The first-order chi connectivity index (χ1) is 39.5. The van der Waals surface area contributed by atoms with Crippen LogP contribution in [0.1, 0.15) is 79.4 Å². The molecule has 7 aromatic rings. The monoisotopic (exact) mass is 1110 g/mol. The fourth-order valence-electron chi connectivity index (χ4n) is 8.87. The summed E-state index contributed by atoms with van der Waals surface area (Å²) in [5.74, 6) is -5.86. The van der Waals surface area contributed by atoms with Crippen molar-refractivity contribution in [2.24, 2.45) is 0 Å². The van der Waals surface area contributed by atoms with Crippen LogP contribution in [-0.2, 0) is 47.4 Å². The Morgan fingerprint density at radius 2 is 0.605 bits per heavy atom. The number of hydrogen-bond donors (Lipinski definition) is 0. The van der Waals surface area contributed by atoms with Crippen molar-refractivity contribution in [1.29, 1.82) is 0 Å². The highest BCUT2D eigenvalue weighted by Gasteiger charge is 2.58. The SMILES string of the molecule is CCS[C@H]1O[C@H](COC(=O)c2ccccc2)[C@@H](O[C@@H]2O[C@H](COC(=O)c3ccccc3)[C@H](OC(=O)c3ccccc3)[C@H](OC(=O)c3ccccc3)[C@H]2OC(=O)c2ccccc2)[C@H](OC(=O)c2ccccc2)[C@H]1OC(=O)c1ccccc1. The number of rotatable bonds is 20. The molecule has 0 spiro atoms. The molecule has 2 aliphatic heterocycles. The fraction of sp³-hybridized carbons (Fsp3) is 0.222. The lowest BCUT2D eigenvalue weighted by Gasteiger charge is -2.49. The Kier molecular flexibility index (Phi) is 19.5. The molecule has 0 aliphatic carbocycles. The molecule has 0 bridgehead atoms. The Bertz CT molecular complexity index is 3210. The molecule has 2 heterocycles. The molecule has 0 radical (unpaired) electrons. The number of thioether (sulfide) groups is 1. The lowest BCUT2D eigenvalue weighted by Crippen LogP contribution is -2.67. The first kappa shape index (κ1) is 56.8. The van der Waals surface area contributed by atoms with Gasteiger partial charge in [0.1, 0.15) is 37.0 Å². The van der Waals surface area contributed by atoms with E-state index in [0.29, 0.717) is 5.75 Å². The largest absolute Gasteiger partial charge is 0.459 e. The minimum Gasteiger partial charge on any atom is -0.459 e. The number of carbonyl (C=O) groups is 7. The summed E-state index contributed by atoms with van der Waals surface area (Å²) in [7, 11) is 0. The Balaban J connectivity index is 1.20.